The molecular weight excluding hydrogens is 268 g/mol. The van der Waals surface area contributed by atoms with Gasteiger partial charge in [0.05, 0.1) is 12.5 Å². The zero-order chi connectivity index (χ0) is 15.2. The Morgan fingerprint density at radius 2 is 2.19 bits per heavy atom. The van der Waals surface area contributed by atoms with Gasteiger partial charge in [-0.25, -0.2) is 0 Å². The Kier molecular flexibility index (Phi) is 3.15. The molecule has 112 valence electrons. The largest absolute Gasteiger partial charge is 0.497 e. The molecule has 0 unspecified atom stereocenters. The summed E-state index contributed by atoms with van der Waals surface area (Å²) in [4.78, 5) is 28.3. The lowest BCUT2D eigenvalue weighted by Gasteiger charge is -2.23. The minimum absolute atomic E-state index is 0.0807. The fraction of sp³-hybridized carbons (Fsp3) is 0.500. The van der Waals surface area contributed by atoms with Crippen molar-refractivity contribution in [2.24, 2.45) is 0 Å². The van der Waals surface area contributed by atoms with Crippen LogP contribution in [0.3, 0.4) is 0 Å². The van der Waals surface area contributed by atoms with E-state index in [2.05, 4.69) is 0 Å². The number of fused-ring (bicyclic) bond motifs is 2. The van der Waals surface area contributed by atoms with Gasteiger partial charge in [-0.3, -0.25) is 9.59 Å². The third kappa shape index (κ3) is 1.83. The molecule has 2 aliphatic heterocycles. The number of likely N-dealkylation sites (tertiary alicyclic amines) is 1. The average molecular weight is 288 g/mol. The van der Waals surface area contributed by atoms with Crippen LogP contribution in [0, 0.1) is 0 Å². The first kappa shape index (κ1) is 13.9. The molecule has 0 radical (unpaired) electrons. The Bertz CT molecular complexity index is 614. The van der Waals surface area contributed by atoms with Gasteiger partial charge in [-0.15, -0.1) is 0 Å². The van der Waals surface area contributed by atoms with Crippen molar-refractivity contribution in [1.29, 1.82) is 0 Å². The van der Waals surface area contributed by atoms with Crippen molar-refractivity contribution >= 4 is 17.5 Å². The summed E-state index contributed by atoms with van der Waals surface area (Å²) in [6.45, 7) is 2.97. The molecule has 1 aromatic rings. The lowest BCUT2D eigenvalue weighted by Crippen LogP contribution is -2.42. The highest BCUT2D eigenvalue weighted by atomic mass is 16.5. The maximum atomic E-state index is 12.8. The van der Waals surface area contributed by atoms with Crippen LogP contribution in [0.15, 0.2) is 18.2 Å². The van der Waals surface area contributed by atoms with E-state index in [1.165, 1.54) is 0 Å². The molecule has 0 bridgehead atoms. The molecule has 5 heteroatoms. The lowest BCUT2D eigenvalue weighted by atomic mass is 9.81. The van der Waals surface area contributed by atoms with Crippen LogP contribution < -0.4 is 9.64 Å². The Morgan fingerprint density at radius 1 is 1.43 bits per heavy atom. The Hall–Kier alpha value is -2.04. The monoisotopic (exact) mass is 288 g/mol. The van der Waals surface area contributed by atoms with E-state index < -0.39 is 5.41 Å². The minimum Gasteiger partial charge on any atom is -0.497 e. The number of methoxy groups -OCH3 is 1. The molecule has 0 aromatic heterocycles. The average Bonchev–Trinajstić information content (AvgIpc) is 3.05. The van der Waals surface area contributed by atoms with Gasteiger partial charge in [0.25, 0.3) is 0 Å². The first-order chi connectivity index (χ1) is 10.0. The van der Waals surface area contributed by atoms with Crippen LogP contribution in [0.5, 0.6) is 5.75 Å². The molecule has 1 atom stereocenters. The van der Waals surface area contributed by atoms with E-state index in [9.17, 15) is 9.59 Å². The maximum Gasteiger partial charge on any atom is 0.239 e. The van der Waals surface area contributed by atoms with Crippen LogP contribution >= 0.6 is 0 Å². The summed E-state index contributed by atoms with van der Waals surface area (Å²) in [5.74, 6) is 0.937. The van der Waals surface area contributed by atoms with E-state index in [0.29, 0.717) is 25.9 Å². The number of carbonyl (C=O) groups is 2. The van der Waals surface area contributed by atoms with Crippen LogP contribution in [0.4, 0.5) is 5.69 Å². The summed E-state index contributed by atoms with van der Waals surface area (Å²) in [6.07, 6.45) is 1.16. The van der Waals surface area contributed by atoms with Gasteiger partial charge in [0, 0.05) is 32.2 Å². The minimum atomic E-state index is -0.594. The number of nitrogens with zero attached hydrogens (tertiary/aromatic N) is 2. The number of carbonyl (C=O) groups excluding carboxylic acids is 2. The third-order valence-electron chi connectivity index (χ3n) is 4.72. The second-order valence-corrected chi connectivity index (χ2v) is 5.75. The van der Waals surface area contributed by atoms with Crippen LogP contribution in [0.1, 0.15) is 25.3 Å². The van der Waals surface area contributed by atoms with Crippen LogP contribution in [0.25, 0.3) is 0 Å². The van der Waals surface area contributed by atoms with E-state index in [1.807, 2.05) is 25.1 Å². The molecule has 2 aliphatic rings. The van der Waals surface area contributed by atoms with Crippen molar-refractivity contribution in [2.45, 2.75) is 25.2 Å². The predicted octanol–water partition coefficient (Wildman–Crippen LogP) is 1.55. The smallest absolute Gasteiger partial charge is 0.239 e. The van der Waals surface area contributed by atoms with Crippen LogP contribution in [-0.4, -0.2) is 44.0 Å². The van der Waals surface area contributed by atoms with Gasteiger partial charge < -0.3 is 14.5 Å². The highest BCUT2D eigenvalue weighted by Gasteiger charge is 2.54. The van der Waals surface area contributed by atoms with Gasteiger partial charge in [-0.2, -0.15) is 0 Å². The Labute approximate surface area is 124 Å². The zero-order valence-electron chi connectivity index (χ0n) is 12.7. The molecule has 0 N–H and O–H groups in total. The Balaban J connectivity index is 2.05. The number of benzene rings is 1. The van der Waals surface area contributed by atoms with Gasteiger partial charge in [0.2, 0.25) is 11.8 Å². The molecule has 0 aliphatic carbocycles. The zero-order valence-corrected chi connectivity index (χ0v) is 12.7. The summed E-state index contributed by atoms with van der Waals surface area (Å²) >= 11 is 0. The predicted molar refractivity (Wildman–Crippen MR) is 79.6 cm³/mol. The second-order valence-electron chi connectivity index (χ2n) is 5.75. The molecule has 1 fully saturated rings. The van der Waals surface area contributed by atoms with E-state index in [4.69, 9.17) is 4.74 Å². The lowest BCUT2D eigenvalue weighted by molar-refractivity contribution is -0.130. The van der Waals surface area contributed by atoms with Crippen LogP contribution in [-0.2, 0) is 15.0 Å². The van der Waals surface area contributed by atoms with E-state index in [1.54, 1.807) is 24.0 Å². The highest BCUT2D eigenvalue weighted by Crippen LogP contribution is 2.47. The molecule has 21 heavy (non-hydrogen) atoms. The van der Waals surface area contributed by atoms with E-state index in [0.717, 1.165) is 17.0 Å². The summed E-state index contributed by atoms with van der Waals surface area (Å²) in [5, 5.41) is 0. The molecule has 2 amide bonds. The van der Waals surface area contributed by atoms with Crippen molar-refractivity contribution in [3.63, 3.8) is 0 Å². The van der Waals surface area contributed by atoms with Gasteiger partial charge in [0.15, 0.2) is 0 Å². The number of hydrogen-bond donors (Lipinski definition) is 0. The SMILES string of the molecule is CCC(=O)N1CC[C@]2(C1)C(=O)N(C)c1ccc(OC)cc12. The molecular formula is C16H20N2O3. The normalized spacial score (nSPS) is 23.9. The topological polar surface area (TPSA) is 49.9 Å². The number of ether oxygens (including phenoxy) is 1. The quantitative estimate of drug-likeness (QED) is 0.829. The fourth-order valence-electron chi connectivity index (χ4n) is 3.50. The van der Waals surface area contributed by atoms with E-state index in [-0.39, 0.29) is 11.8 Å². The van der Waals surface area contributed by atoms with Gasteiger partial charge >= 0.3 is 0 Å². The first-order valence-corrected chi connectivity index (χ1v) is 7.28. The molecule has 1 saturated heterocycles. The highest BCUT2D eigenvalue weighted by molar-refractivity contribution is 6.08. The maximum absolute atomic E-state index is 12.8. The third-order valence-corrected chi connectivity index (χ3v) is 4.72. The van der Waals surface area contributed by atoms with Crippen LogP contribution in [0.2, 0.25) is 0 Å². The van der Waals surface area contributed by atoms with Gasteiger partial charge in [-0.1, -0.05) is 6.92 Å². The molecule has 5 nitrogen and oxygen atoms in total. The molecule has 1 spiro atoms. The van der Waals surface area contributed by atoms with E-state index >= 15 is 0 Å². The standard InChI is InChI=1S/C16H20N2O3/c1-4-14(19)18-8-7-16(10-18)12-9-11(21-3)5-6-13(12)17(2)15(16)20/h5-6,9H,4,7-8,10H2,1-3H3/t16-/m1/s1. The van der Waals surface area contributed by atoms with Gasteiger partial charge in [0.1, 0.15) is 5.75 Å². The number of anilines is 1. The summed E-state index contributed by atoms with van der Waals surface area (Å²) in [6, 6.07) is 5.73. The molecule has 1 aromatic carbocycles. The number of hydrogen-bond acceptors (Lipinski definition) is 3. The van der Waals surface area contributed by atoms with Crippen molar-refractivity contribution in [3.8, 4) is 5.75 Å². The summed E-state index contributed by atoms with van der Waals surface area (Å²) in [5.41, 5.74) is 1.32. The second kappa shape index (κ2) is 4.76. The van der Waals surface area contributed by atoms with Gasteiger partial charge in [-0.05, 0) is 30.2 Å². The summed E-state index contributed by atoms with van der Waals surface area (Å²) in [7, 11) is 3.42. The van der Waals surface area contributed by atoms with Crippen molar-refractivity contribution in [3.05, 3.63) is 23.8 Å². The van der Waals surface area contributed by atoms with Crippen molar-refractivity contribution < 1.29 is 14.3 Å². The molecule has 3 rings (SSSR count). The molecule has 2 heterocycles. The Morgan fingerprint density at radius 3 is 2.86 bits per heavy atom. The first-order valence-electron chi connectivity index (χ1n) is 7.28. The van der Waals surface area contributed by atoms with Crippen molar-refractivity contribution in [1.82, 2.24) is 4.90 Å². The number of amides is 2. The number of likely N-dealkylation sites (N-methyl/N-ethyl adjacent to an activating group) is 1. The van der Waals surface area contributed by atoms with Crippen molar-refractivity contribution in [2.75, 3.05) is 32.1 Å². The summed E-state index contributed by atoms with van der Waals surface area (Å²) < 4.78 is 5.30. The fourth-order valence-corrected chi connectivity index (χ4v) is 3.50. The molecule has 0 saturated carbocycles. The number of rotatable bonds is 2.